The molecule has 0 spiro atoms. The number of aromatic amines is 1. The van der Waals surface area contributed by atoms with Crippen molar-refractivity contribution >= 4 is 15.7 Å². The zero-order valence-corrected chi connectivity index (χ0v) is 20.2. The molecular weight excluding hydrogens is 476 g/mol. The predicted octanol–water partition coefficient (Wildman–Crippen LogP) is 1.95. The van der Waals surface area contributed by atoms with Crippen LogP contribution < -0.4 is 9.47 Å². The van der Waals surface area contributed by atoms with Crippen LogP contribution in [-0.2, 0) is 14.6 Å². The van der Waals surface area contributed by atoms with Gasteiger partial charge in [0.2, 0.25) is 11.8 Å². The fraction of sp³-hybridized carbons (Fsp3) is 0.348. The molecule has 12 heteroatoms. The van der Waals surface area contributed by atoms with Crippen LogP contribution in [0, 0.1) is 0 Å². The molecule has 0 unspecified atom stereocenters. The van der Waals surface area contributed by atoms with E-state index in [1.807, 2.05) is 12.1 Å². The summed E-state index contributed by atoms with van der Waals surface area (Å²) in [5.74, 6) is 1.32. The predicted molar refractivity (Wildman–Crippen MR) is 127 cm³/mol. The molecule has 0 radical (unpaired) electrons. The van der Waals surface area contributed by atoms with Crippen molar-refractivity contribution in [3.05, 3.63) is 48.4 Å². The molecule has 3 heterocycles. The number of rotatable bonds is 9. The van der Waals surface area contributed by atoms with Gasteiger partial charge in [0.05, 0.1) is 25.1 Å². The first-order valence-electron chi connectivity index (χ1n) is 10.8. The maximum absolute atomic E-state index is 11.6. The average Bonchev–Trinajstić information content (AvgIpc) is 3.49. The zero-order chi connectivity index (χ0) is 25.2. The van der Waals surface area contributed by atoms with E-state index in [1.54, 1.807) is 32.0 Å². The third-order valence-electron chi connectivity index (χ3n) is 5.14. The Hall–Kier alpha value is -3.48. The number of benzene rings is 1. The number of aliphatic hydroxyl groups is 2. The van der Waals surface area contributed by atoms with E-state index in [0.717, 1.165) is 18.1 Å². The molecule has 4 rings (SSSR count). The van der Waals surface area contributed by atoms with Crippen molar-refractivity contribution < 1.29 is 32.8 Å². The quantitative estimate of drug-likeness (QED) is 0.398. The van der Waals surface area contributed by atoms with Crippen molar-refractivity contribution in [1.29, 1.82) is 0 Å². The Morgan fingerprint density at radius 1 is 1.14 bits per heavy atom. The van der Waals surface area contributed by atoms with Crippen LogP contribution in [0.1, 0.15) is 19.5 Å². The lowest BCUT2D eigenvalue weighted by atomic mass is 10.1. The van der Waals surface area contributed by atoms with Crippen LogP contribution in [0.5, 0.6) is 17.4 Å². The highest BCUT2D eigenvalue weighted by Gasteiger charge is 2.25. The van der Waals surface area contributed by atoms with Gasteiger partial charge in [0.25, 0.3) is 0 Å². The molecule has 0 bridgehead atoms. The summed E-state index contributed by atoms with van der Waals surface area (Å²) in [6.45, 7) is 3.53. The number of ether oxygens (including phenoxy) is 3. The molecule has 1 aromatic carbocycles. The van der Waals surface area contributed by atoms with Crippen molar-refractivity contribution in [2.24, 2.45) is 4.99 Å². The summed E-state index contributed by atoms with van der Waals surface area (Å²) < 4.78 is 40.4. The molecule has 3 aromatic rings. The van der Waals surface area contributed by atoms with Gasteiger partial charge in [0.15, 0.2) is 14.9 Å². The molecule has 11 nitrogen and oxygen atoms in total. The molecule has 186 valence electrons. The van der Waals surface area contributed by atoms with Gasteiger partial charge in [-0.1, -0.05) is 0 Å². The number of aliphatic hydroxyl groups excluding tert-OH is 2. The molecule has 3 atom stereocenters. The summed E-state index contributed by atoms with van der Waals surface area (Å²) in [6, 6.07) is 8.50. The number of hydrogen-bond acceptors (Lipinski definition) is 10. The Morgan fingerprint density at radius 2 is 1.89 bits per heavy atom. The Balaban J connectivity index is 1.63. The van der Waals surface area contributed by atoms with Crippen molar-refractivity contribution in [1.82, 2.24) is 15.0 Å². The Morgan fingerprint density at radius 3 is 2.51 bits per heavy atom. The highest BCUT2D eigenvalue weighted by atomic mass is 32.2. The van der Waals surface area contributed by atoms with E-state index in [0.29, 0.717) is 35.3 Å². The van der Waals surface area contributed by atoms with E-state index in [2.05, 4.69) is 19.9 Å². The van der Waals surface area contributed by atoms with E-state index < -0.39 is 22.0 Å². The van der Waals surface area contributed by atoms with Gasteiger partial charge < -0.3 is 29.4 Å². The van der Waals surface area contributed by atoms with E-state index in [1.165, 1.54) is 6.20 Å². The van der Waals surface area contributed by atoms with Gasteiger partial charge >= 0.3 is 0 Å². The average molecular weight is 503 g/mol. The molecule has 0 saturated carbocycles. The van der Waals surface area contributed by atoms with Gasteiger partial charge in [-0.15, -0.1) is 0 Å². The van der Waals surface area contributed by atoms with E-state index in [9.17, 15) is 18.6 Å². The number of H-pyrrole nitrogens is 1. The van der Waals surface area contributed by atoms with Crippen LogP contribution >= 0.6 is 0 Å². The van der Waals surface area contributed by atoms with Crippen molar-refractivity contribution in [2.75, 3.05) is 19.5 Å². The minimum Gasteiger partial charge on any atom is -0.488 e. The number of nitrogens with one attached hydrogen (secondary N) is 1. The zero-order valence-electron chi connectivity index (χ0n) is 19.4. The third kappa shape index (κ3) is 5.96. The number of hydrogen-bond donors (Lipinski definition) is 3. The summed E-state index contributed by atoms with van der Waals surface area (Å²) in [4.78, 5) is 15.6. The molecule has 35 heavy (non-hydrogen) atoms. The minimum absolute atomic E-state index is 0.0979. The highest BCUT2D eigenvalue weighted by molar-refractivity contribution is 7.90. The summed E-state index contributed by atoms with van der Waals surface area (Å²) in [5.41, 5.74) is 2.08. The van der Waals surface area contributed by atoms with Crippen LogP contribution in [-0.4, -0.2) is 77.2 Å². The lowest BCUT2D eigenvalue weighted by molar-refractivity contribution is 0.129. The molecule has 1 aliphatic rings. The van der Waals surface area contributed by atoms with Crippen LogP contribution in [0.2, 0.25) is 0 Å². The van der Waals surface area contributed by atoms with Crippen molar-refractivity contribution in [2.45, 2.75) is 37.1 Å². The van der Waals surface area contributed by atoms with E-state index in [-0.39, 0.29) is 23.6 Å². The molecule has 0 saturated heterocycles. The second-order valence-corrected chi connectivity index (χ2v) is 10.2. The van der Waals surface area contributed by atoms with E-state index in [4.69, 9.17) is 14.2 Å². The summed E-state index contributed by atoms with van der Waals surface area (Å²) in [6.07, 6.45) is 2.33. The monoisotopic (exact) mass is 502 g/mol. The van der Waals surface area contributed by atoms with Crippen LogP contribution in [0.4, 0.5) is 0 Å². The first kappa shape index (κ1) is 24.6. The van der Waals surface area contributed by atoms with E-state index >= 15 is 0 Å². The van der Waals surface area contributed by atoms with Gasteiger partial charge in [-0.05, 0) is 38.1 Å². The number of aromatic nitrogens is 3. The normalized spacial score (nSPS) is 17.4. The summed E-state index contributed by atoms with van der Waals surface area (Å²) >= 11 is 0. The molecular formula is C23H26N4O7S. The topological polar surface area (TPSA) is 156 Å². The van der Waals surface area contributed by atoms with Gasteiger partial charge in [0, 0.05) is 23.6 Å². The fourth-order valence-electron chi connectivity index (χ4n) is 3.27. The first-order valence-corrected chi connectivity index (χ1v) is 12.7. The van der Waals surface area contributed by atoms with Crippen molar-refractivity contribution in [3.63, 3.8) is 0 Å². The SMILES string of the molecule is C[C@@H](CO)Oc1cc(Oc2cnc(S(C)(=O)=O)cn2)cc(-c2ccc(C3=N[C@H]([C@@H](C)O)CO3)[nH]2)c1. The molecule has 3 N–H and O–H groups in total. The molecule has 0 fully saturated rings. The fourth-order valence-corrected chi connectivity index (χ4v) is 3.75. The summed E-state index contributed by atoms with van der Waals surface area (Å²) in [5, 5.41) is 19.0. The second-order valence-electron chi connectivity index (χ2n) is 8.21. The van der Waals surface area contributed by atoms with Crippen LogP contribution in [0.3, 0.4) is 0 Å². The number of nitrogens with zero attached hydrogens (tertiary/aromatic N) is 3. The Labute approximate surface area is 202 Å². The standard InChI is InChI=1S/C23H26N4O7S/c1-13(11-28)33-16-6-15(18-4-5-19(26-18)23-27-20(12-32-23)14(2)29)7-17(8-16)34-21-9-25-22(10-24-21)35(3,30)31/h4-10,13-14,20,26,28-29H,11-12H2,1-3H3/t13-,14+,20-/m0/s1. The van der Waals surface area contributed by atoms with Gasteiger partial charge in [0.1, 0.15) is 35.9 Å². The number of sulfone groups is 1. The highest BCUT2D eigenvalue weighted by Crippen LogP contribution is 2.32. The van der Waals surface area contributed by atoms with Crippen LogP contribution in [0.25, 0.3) is 11.3 Å². The van der Waals surface area contributed by atoms with Crippen molar-refractivity contribution in [3.8, 4) is 28.6 Å². The third-order valence-corrected chi connectivity index (χ3v) is 6.11. The maximum Gasteiger partial charge on any atom is 0.237 e. The van der Waals surface area contributed by atoms with Crippen LogP contribution in [0.15, 0.2) is 52.7 Å². The van der Waals surface area contributed by atoms with Gasteiger partial charge in [-0.25, -0.2) is 23.4 Å². The molecule has 2 aromatic heterocycles. The maximum atomic E-state index is 11.6. The lowest BCUT2D eigenvalue weighted by Crippen LogP contribution is -2.21. The Kier molecular flexibility index (Phi) is 7.05. The molecule has 0 amide bonds. The smallest absolute Gasteiger partial charge is 0.237 e. The second kappa shape index (κ2) is 10.0. The Bertz CT molecular complexity index is 1320. The largest absolute Gasteiger partial charge is 0.488 e. The van der Waals surface area contributed by atoms with Gasteiger partial charge in [-0.2, -0.15) is 0 Å². The van der Waals surface area contributed by atoms with Gasteiger partial charge in [-0.3, -0.25) is 0 Å². The minimum atomic E-state index is -3.48. The number of aliphatic imine (C=N–C) groups is 1. The summed E-state index contributed by atoms with van der Waals surface area (Å²) in [7, 11) is -3.48. The lowest BCUT2D eigenvalue weighted by Gasteiger charge is -2.15. The molecule has 1 aliphatic heterocycles. The molecule has 0 aliphatic carbocycles. The first-order chi connectivity index (χ1) is 16.6.